The van der Waals surface area contributed by atoms with Gasteiger partial charge in [-0.2, -0.15) is 5.10 Å². The molecule has 1 amide bonds. The van der Waals surface area contributed by atoms with Crippen LogP contribution in [0.4, 0.5) is 5.69 Å². The first kappa shape index (κ1) is 16.5. The highest BCUT2D eigenvalue weighted by Gasteiger charge is 2.07. The molecule has 0 saturated heterocycles. The molecule has 3 aromatic rings. The monoisotopic (exact) mass is 351 g/mol. The summed E-state index contributed by atoms with van der Waals surface area (Å²) in [6, 6.07) is 19.0. The molecule has 0 bridgehead atoms. The molecule has 0 aliphatic rings. The van der Waals surface area contributed by atoms with Crippen LogP contribution >= 0.6 is 11.3 Å². The Morgan fingerprint density at radius 2 is 1.76 bits per heavy atom. The third-order valence-corrected chi connectivity index (χ3v) is 4.45. The second-order valence-corrected chi connectivity index (χ2v) is 6.19. The van der Waals surface area contributed by atoms with Crippen molar-refractivity contribution in [3.8, 4) is 10.4 Å². The Kier molecular flexibility index (Phi) is 4.96. The van der Waals surface area contributed by atoms with Crippen molar-refractivity contribution in [2.45, 2.75) is 0 Å². The minimum Gasteiger partial charge on any atom is -0.267 e. The van der Waals surface area contributed by atoms with Crippen molar-refractivity contribution in [2.75, 3.05) is 0 Å². The molecule has 6 nitrogen and oxygen atoms in total. The zero-order valence-corrected chi connectivity index (χ0v) is 13.8. The van der Waals surface area contributed by atoms with E-state index in [0.717, 1.165) is 15.3 Å². The van der Waals surface area contributed by atoms with E-state index in [1.165, 1.54) is 23.5 Å². The Bertz CT molecular complexity index is 918. The number of thiophene rings is 1. The fourth-order valence-electron chi connectivity index (χ4n) is 2.13. The minimum absolute atomic E-state index is 0.0608. The van der Waals surface area contributed by atoms with Crippen LogP contribution in [-0.4, -0.2) is 17.0 Å². The van der Waals surface area contributed by atoms with Crippen molar-refractivity contribution < 1.29 is 9.72 Å². The molecule has 0 fully saturated rings. The number of non-ortho nitro benzene ring substituents is 1. The number of carbonyl (C=O) groups excluding carboxylic acids is 1. The fraction of sp³-hybridized carbons (Fsp3) is 0. The molecule has 3 rings (SSSR count). The van der Waals surface area contributed by atoms with Crippen LogP contribution in [0, 0.1) is 10.1 Å². The summed E-state index contributed by atoms with van der Waals surface area (Å²) in [5.74, 6) is -0.274. The Balaban J connectivity index is 1.65. The zero-order chi connectivity index (χ0) is 17.6. The van der Waals surface area contributed by atoms with E-state index in [9.17, 15) is 14.9 Å². The van der Waals surface area contributed by atoms with Gasteiger partial charge in [-0.1, -0.05) is 18.2 Å². The van der Waals surface area contributed by atoms with Crippen LogP contribution in [0.1, 0.15) is 15.2 Å². The number of hydrogen-bond donors (Lipinski definition) is 1. The molecule has 1 aromatic heterocycles. The van der Waals surface area contributed by atoms with Gasteiger partial charge in [0.1, 0.15) is 0 Å². The summed E-state index contributed by atoms with van der Waals surface area (Å²) in [5.41, 5.74) is 3.97. The lowest BCUT2D eigenvalue weighted by molar-refractivity contribution is -0.384. The van der Waals surface area contributed by atoms with Crippen LogP contribution in [0.25, 0.3) is 10.4 Å². The summed E-state index contributed by atoms with van der Waals surface area (Å²) in [6.07, 6.45) is 1.57. The van der Waals surface area contributed by atoms with Gasteiger partial charge in [0.05, 0.1) is 11.1 Å². The lowest BCUT2D eigenvalue weighted by Gasteiger charge is -1.98. The highest BCUT2D eigenvalue weighted by Crippen LogP contribution is 2.28. The maximum atomic E-state index is 11.9. The molecule has 25 heavy (non-hydrogen) atoms. The highest BCUT2D eigenvalue weighted by molar-refractivity contribution is 7.17. The first-order valence-corrected chi connectivity index (χ1v) is 8.18. The smallest absolute Gasteiger partial charge is 0.267 e. The molecule has 1 N–H and O–H groups in total. The van der Waals surface area contributed by atoms with Crippen LogP contribution in [0.5, 0.6) is 0 Å². The maximum Gasteiger partial charge on any atom is 0.271 e. The number of hydrogen-bond acceptors (Lipinski definition) is 5. The van der Waals surface area contributed by atoms with E-state index in [2.05, 4.69) is 10.5 Å². The van der Waals surface area contributed by atoms with Crippen molar-refractivity contribution in [3.63, 3.8) is 0 Å². The average Bonchev–Trinajstić information content (AvgIpc) is 3.11. The number of benzene rings is 2. The van der Waals surface area contributed by atoms with Gasteiger partial charge in [-0.25, -0.2) is 5.43 Å². The van der Waals surface area contributed by atoms with Gasteiger partial charge in [0, 0.05) is 27.5 Å². The summed E-state index contributed by atoms with van der Waals surface area (Å²) >= 11 is 1.48. The quantitative estimate of drug-likeness (QED) is 0.427. The maximum absolute atomic E-state index is 11.9. The number of hydrazone groups is 1. The molecule has 1 heterocycles. The first-order valence-electron chi connectivity index (χ1n) is 7.36. The Hall–Kier alpha value is -3.32. The molecule has 0 aliphatic heterocycles. The summed E-state index contributed by atoms with van der Waals surface area (Å²) < 4.78 is 0. The Morgan fingerprint density at radius 1 is 1.04 bits per heavy atom. The van der Waals surface area contributed by atoms with E-state index in [4.69, 9.17) is 0 Å². The van der Waals surface area contributed by atoms with Crippen LogP contribution in [0.15, 0.2) is 71.8 Å². The highest BCUT2D eigenvalue weighted by atomic mass is 32.1. The van der Waals surface area contributed by atoms with Gasteiger partial charge in [-0.15, -0.1) is 11.3 Å². The predicted molar refractivity (Wildman–Crippen MR) is 97.9 cm³/mol. The van der Waals surface area contributed by atoms with Gasteiger partial charge in [0.15, 0.2) is 0 Å². The molecular formula is C18H13N3O3S. The molecule has 0 radical (unpaired) electrons. The average molecular weight is 351 g/mol. The third kappa shape index (κ3) is 4.15. The number of rotatable bonds is 5. The van der Waals surface area contributed by atoms with Crippen LogP contribution in [-0.2, 0) is 0 Å². The molecule has 2 aromatic carbocycles. The largest absolute Gasteiger partial charge is 0.271 e. The Morgan fingerprint density at radius 3 is 2.44 bits per heavy atom. The van der Waals surface area contributed by atoms with Crippen molar-refractivity contribution in [3.05, 3.63) is 87.3 Å². The normalized spacial score (nSPS) is 10.7. The van der Waals surface area contributed by atoms with Crippen molar-refractivity contribution in [2.24, 2.45) is 5.10 Å². The lowest BCUT2D eigenvalue weighted by Crippen LogP contribution is -2.17. The van der Waals surface area contributed by atoms with Crippen LogP contribution in [0.2, 0.25) is 0 Å². The van der Waals surface area contributed by atoms with Gasteiger partial charge >= 0.3 is 0 Å². The van der Waals surface area contributed by atoms with E-state index in [1.54, 1.807) is 42.6 Å². The van der Waals surface area contributed by atoms with Gasteiger partial charge in [-0.3, -0.25) is 14.9 Å². The van der Waals surface area contributed by atoms with E-state index in [0.29, 0.717) is 5.56 Å². The second-order valence-electron chi connectivity index (χ2n) is 5.07. The molecular weight excluding hydrogens is 338 g/mol. The number of nitrogens with zero attached hydrogens (tertiary/aromatic N) is 2. The number of nitro groups is 1. The third-order valence-electron chi connectivity index (χ3n) is 3.38. The number of nitro benzene ring substituents is 1. The molecule has 0 atom stereocenters. The summed E-state index contributed by atoms with van der Waals surface area (Å²) in [5, 5.41) is 14.6. The zero-order valence-electron chi connectivity index (χ0n) is 13.0. The summed E-state index contributed by atoms with van der Waals surface area (Å²) in [6.45, 7) is 0. The van der Waals surface area contributed by atoms with E-state index in [-0.39, 0.29) is 11.6 Å². The van der Waals surface area contributed by atoms with E-state index >= 15 is 0 Å². The van der Waals surface area contributed by atoms with Crippen LogP contribution in [0.3, 0.4) is 0 Å². The first-order chi connectivity index (χ1) is 12.1. The van der Waals surface area contributed by atoms with Gasteiger partial charge in [0.25, 0.3) is 11.6 Å². The van der Waals surface area contributed by atoms with E-state index < -0.39 is 4.92 Å². The van der Waals surface area contributed by atoms with E-state index in [1.807, 2.05) is 18.2 Å². The minimum atomic E-state index is -0.425. The molecule has 124 valence electrons. The number of amides is 1. The van der Waals surface area contributed by atoms with Gasteiger partial charge < -0.3 is 0 Å². The summed E-state index contributed by atoms with van der Waals surface area (Å²) in [4.78, 5) is 24.0. The SMILES string of the molecule is O=C(NN=Cc1ccc(-c2ccc([N+](=O)[O-])cc2)s1)c1ccccc1. The van der Waals surface area contributed by atoms with Crippen molar-refractivity contribution in [1.29, 1.82) is 0 Å². The second kappa shape index (κ2) is 7.50. The Labute approximate surface area is 147 Å². The molecule has 0 aliphatic carbocycles. The van der Waals surface area contributed by atoms with Gasteiger partial charge in [0.2, 0.25) is 0 Å². The molecule has 0 unspecified atom stereocenters. The standard InChI is InChI=1S/C18H13N3O3S/c22-18(14-4-2-1-3-5-14)20-19-12-16-10-11-17(25-16)13-6-8-15(9-7-13)21(23)24/h1-12H,(H,20,22). The van der Waals surface area contributed by atoms with Crippen LogP contribution < -0.4 is 5.43 Å². The molecule has 0 spiro atoms. The van der Waals surface area contributed by atoms with Gasteiger partial charge in [-0.05, 0) is 42.0 Å². The number of carbonyl (C=O) groups is 1. The molecule has 0 saturated carbocycles. The number of nitrogens with one attached hydrogen (secondary N) is 1. The van der Waals surface area contributed by atoms with Crippen molar-refractivity contribution >= 4 is 29.1 Å². The fourth-order valence-corrected chi connectivity index (χ4v) is 3.02. The van der Waals surface area contributed by atoms with Crippen molar-refractivity contribution in [1.82, 2.24) is 5.43 Å². The lowest BCUT2D eigenvalue weighted by atomic mass is 10.2. The predicted octanol–water partition coefficient (Wildman–Crippen LogP) is 4.09. The topological polar surface area (TPSA) is 84.6 Å². The summed E-state index contributed by atoms with van der Waals surface area (Å²) in [7, 11) is 0. The molecule has 7 heteroatoms.